The van der Waals surface area contributed by atoms with Crippen LogP contribution in [0.1, 0.15) is 23.2 Å². The smallest absolute Gasteiger partial charge is 0.338 e. The summed E-state index contributed by atoms with van der Waals surface area (Å²) in [5.41, 5.74) is 5.24. The van der Waals surface area contributed by atoms with E-state index in [0.717, 1.165) is 19.4 Å². The first-order valence-corrected chi connectivity index (χ1v) is 6.45. The second-order valence-corrected chi connectivity index (χ2v) is 4.51. The lowest BCUT2D eigenvalue weighted by atomic mass is 10.2. The molecule has 1 saturated heterocycles. The van der Waals surface area contributed by atoms with Crippen LogP contribution in [0.2, 0.25) is 0 Å². The second kappa shape index (κ2) is 6.91. The molecule has 0 saturated carbocycles. The summed E-state index contributed by atoms with van der Waals surface area (Å²) in [5, 5.41) is 0. The first kappa shape index (κ1) is 14.3. The second-order valence-electron chi connectivity index (χ2n) is 4.51. The molecule has 1 aromatic carbocycles. The van der Waals surface area contributed by atoms with E-state index in [9.17, 15) is 9.59 Å². The summed E-state index contributed by atoms with van der Waals surface area (Å²) >= 11 is 0. The fourth-order valence-electron chi connectivity index (χ4n) is 1.87. The normalized spacial score (nSPS) is 17.7. The maximum absolute atomic E-state index is 11.5. The summed E-state index contributed by atoms with van der Waals surface area (Å²) in [7, 11) is 0. The Kier molecular flexibility index (Phi) is 4.95. The average molecular weight is 279 g/mol. The fraction of sp³-hybridized carbons (Fsp3) is 0.429. The lowest BCUT2D eigenvalue weighted by molar-refractivity contribution is -0.121. The zero-order valence-electron chi connectivity index (χ0n) is 11.0. The van der Waals surface area contributed by atoms with Gasteiger partial charge in [0.25, 0.3) is 5.91 Å². The van der Waals surface area contributed by atoms with Gasteiger partial charge in [0, 0.05) is 6.61 Å². The SMILES string of the molecule is NC(=O)COC(=O)c1ccc(OCC2CCCO2)cc1. The maximum Gasteiger partial charge on any atom is 0.338 e. The Morgan fingerprint density at radius 1 is 1.30 bits per heavy atom. The van der Waals surface area contributed by atoms with Crippen LogP contribution in [0.5, 0.6) is 5.75 Å². The van der Waals surface area contributed by atoms with E-state index in [1.165, 1.54) is 0 Å². The molecule has 0 bridgehead atoms. The van der Waals surface area contributed by atoms with Gasteiger partial charge in [0.2, 0.25) is 0 Å². The van der Waals surface area contributed by atoms with Gasteiger partial charge in [-0.1, -0.05) is 0 Å². The van der Waals surface area contributed by atoms with Gasteiger partial charge in [-0.3, -0.25) is 4.79 Å². The van der Waals surface area contributed by atoms with Crippen molar-refractivity contribution in [1.29, 1.82) is 0 Å². The number of rotatable bonds is 6. The van der Waals surface area contributed by atoms with Gasteiger partial charge >= 0.3 is 5.97 Å². The van der Waals surface area contributed by atoms with Crippen molar-refractivity contribution in [3.05, 3.63) is 29.8 Å². The van der Waals surface area contributed by atoms with Crippen LogP contribution in [0.25, 0.3) is 0 Å². The van der Waals surface area contributed by atoms with Crippen molar-refractivity contribution < 1.29 is 23.8 Å². The number of benzene rings is 1. The van der Waals surface area contributed by atoms with Gasteiger partial charge in [0.1, 0.15) is 12.4 Å². The van der Waals surface area contributed by atoms with E-state index in [2.05, 4.69) is 0 Å². The Balaban J connectivity index is 1.82. The molecule has 0 spiro atoms. The summed E-state index contributed by atoms with van der Waals surface area (Å²) in [4.78, 5) is 22.0. The highest BCUT2D eigenvalue weighted by molar-refractivity contribution is 5.91. The Labute approximate surface area is 116 Å². The number of hydrogen-bond acceptors (Lipinski definition) is 5. The minimum absolute atomic E-state index is 0.148. The van der Waals surface area contributed by atoms with Crippen molar-refractivity contribution in [1.82, 2.24) is 0 Å². The quantitative estimate of drug-likeness (QED) is 0.781. The Hall–Kier alpha value is -2.08. The minimum Gasteiger partial charge on any atom is -0.491 e. The molecule has 2 rings (SSSR count). The van der Waals surface area contributed by atoms with Crippen molar-refractivity contribution in [2.24, 2.45) is 5.73 Å². The molecule has 1 aliphatic rings. The highest BCUT2D eigenvalue weighted by atomic mass is 16.5. The molecule has 2 N–H and O–H groups in total. The number of carbonyl (C=O) groups excluding carboxylic acids is 2. The predicted molar refractivity (Wildman–Crippen MR) is 70.4 cm³/mol. The van der Waals surface area contributed by atoms with E-state index < -0.39 is 18.5 Å². The van der Waals surface area contributed by atoms with E-state index in [4.69, 9.17) is 19.9 Å². The molecule has 1 amide bonds. The van der Waals surface area contributed by atoms with Crippen molar-refractivity contribution >= 4 is 11.9 Å². The molecule has 6 heteroatoms. The molecule has 1 aromatic rings. The number of nitrogens with two attached hydrogens (primary N) is 1. The first-order valence-electron chi connectivity index (χ1n) is 6.45. The van der Waals surface area contributed by atoms with Gasteiger partial charge in [-0.2, -0.15) is 0 Å². The Morgan fingerprint density at radius 3 is 2.65 bits per heavy atom. The predicted octanol–water partition coefficient (Wildman–Crippen LogP) is 0.886. The molecule has 108 valence electrons. The highest BCUT2D eigenvalue weighted by Crippen LogP contribution is 2.16. The van der Waals surface area contributed by atoms with Crippen molar-refractivity contribution in [2.45, 2.75) is 18.9 Å². The summed E-state index contributed by atoms with van der Waals surface area (Å²) in [6.07, 6.45) is 2.23. The third-order valence-corrected chi connectivity index (χ3v) is 2.90. The number of primary amides is 1. The zero-order chi connectivity index (χ0) is 14.4. The van der Waals surface area contributed by atoms with Crippen LogP contribution < -0.4 is 10.5 Å². The number of carbonyl (C=O) groups is 2. The van der Waals surface area contributed by atoms with E-state index in [1.54, 1.807) is 24.3 Å². The summed E-state index contributed by atoms with van der Waals surface area (Å²) in [6.45, 7) is 0.875. The lowest BCUT2D eigenvalue weighted by Gasteiger charge is -2.11. The summed E-state index contributed by atoms with van der Waals surface area (Å²) in [5.74, 6) is -0.615. The average Bonchev–Trinajstić information content (AvgIpc) is 2.96. The summed E-state index contributed by atoms with van der Waals surface area (Å²) in [6, 6.07) is 6.51. The maximum atomic E-state index is 11.5. The van der Waals surface area contributed by atoms with E-state index in [1.807, 2.05) is 0 Å². The Bertz CT molecular complexity index is 465. The first-order chi connectivity index (χ1) is 9.65. The van der Waals surface area contributed by atoms with Gasteiger partial charge in [-0.25, -0.2) is 4.79 Å². The van der Waals surface area contributed by atoms with Crippen LogP contribution in [0.4, 0.5) is 0 Å². The molecular formula is C14H17NO5. The molecule has 1 atom stereocenters. The molecular weight excluding hydrogens is 262 g/mol. The van der Waals surface area contributed by atoms with Crippen LogP contribution in [0.3, 0.4) is 0 Å². The molecule has 1 fully saturated rings. The molecule has 0 radical (unpaired) electrons. The zero-order valence-corrected chi connectivity index (χ0v) is 11.0. The molecule has 0 aromatic heterocycles. The number of esters is 1. The molecule has 20 heavy (non-hydrogen) atoms. The fourth-order valence-corrected chi connectivity index (χ4v) is 1.87. The standard InChI is InChI=1S/C14H17NO5/c15-13(16)9-20-14(17)10-3-5-11(6-4-10)19-8-12-2-1-7-18-12/h3-6,12H,1-2,7-9H2,(H2,15,16). The van der Waals surface area contributed by atoms with Crippen molar-refractivity contribution in [2.75, 3.05) is 19.8 Å². The monoisotopic (exact) mass is 279 g/mol. The molecule has 1 unspecified atom stereocenters. The van der Waals surface area contributed by atoms with Crippen molar-refractivity contribution in [3.63, 3.8) is 0 Å². The van der Waals surface area contributed by atoms with E-state index >= 15 is 0 Å². The van der Waals surface area contributed by atoms with E-state index in [0.29, 0.717) is 17.9 Å². The van der Waals surface area contributed by atoms with Crippen LogP contribution in [-0.4, -0.2) is 37.8 Å². The number of amides is 1. The van der Waals surface area contributed by atoms with Gasteiger partial charge in [-0.05, 0) is 37.1 Å². The number of ether oxygens (including phenoxy) is 3. The molecule has 0 aliphatic carbocycles. The van der Waals surface area contributed by atoms with Gasteiger partial charge < -0.3 is 19.9 Å². The lowest BCUT2D eigenvalue weighted by Crippen LogP contribution is -2.20. The highest BCUT2D eigenvalue weighted by Gasteiger charge is 2.16. The van der Waals surface area contributed by atoms with Crippen LogP contribution >= 0.6 is 0 Å². The third-order valence-electron chi connectivity index (χ3n) is 2.90. The van der Waals surface area contributed by atoms with Crippen LogP contribution in [-0.2, 0) is 14.3 Å². The van der Waals surface area contributed by atoms with Crippen LogP contribution in [0, 0.1) is 0 Å². The molecule has 1 aliphatic heterocycles. The largest absolute Gasteiger partial charge is 0.491 e. The topological polar surface area (TPSA) is 87.9 Å². The summed E-state index contributed by atoms with van der Waals surface area (Å²) < 4.78 is 15.7. The Morgan fingerprint density at radius 2 is 2.05 bits per heavy atom. The molecule has 6 nitrogen and oxygen atoms in total. The number of hydrogen-bond donors (Lipinski definition) is 1. The van der Waals surface area contributed by atoms with Gasteiger partial charge in [0.05, 0.1) is 11.7 Å². The van der Waals surface area contributed by atoms with Gasteiger partial charge in [-0.15, -0.1) is 0 Å². The van der Waals surface area contributed by atoms with Crippen molar-refractivity contribution in [3.8, 4) is 5.75 Å². The van der Waals surface area contributed by atoms with Crippen LogP contribution in [0.15, 0.2) is 24.3 Å². The van der Waals surface area contributed by atoms with E-state index in [-0.39, 0.29) is 6.10 Å². The third kappa shape index (κ3) is 4.24. The molecule has 1 heterocycles. The minimum atomic E-state index is -0.685. The van der Waals surface area contributed by atoms with Gasteiger partial charge in [0.15, 0.2) is 6.61 Å².